The first-order chi connectivity index (χ1) is 10.2. The zero-order chi connectivity index (χ0) is 14.7. The van der Waals surface area contributed by atoms with Gasteiger partial charge in [-0.2, -0.15) is 0 Å². The van der Waals surface area contributed by atoms with Crippen molar-refractivity contribution in [2.45, 2.75) is 25.2 Å². The molecule has 0 aromatic carbocycles. The minimum atomic E-state index is -0.0647. The van der Waals surface area contributed by atoms with Gasteiger partial charge in [-0.25, -0.2) is 9.97 Å². The van der Waals surface area contributed by atoms with Crippen LogP contribution >= 0.6 is 0 Å². The molecule has 1 aliphatic rings. The maximum atomic E-state index is 11.4. The van der Waals surface area contributed by atoms with Crippen molar-refractivity contribution in [1.82, 2.24) is 24.4 Å². The van der Waals surface area contributed by atoms with Crippen LogP contribution in [0, 0.1) is 0 Å². The lowest BCUT2D eigenvalue weighted by Gasteiger charge is -2.32. The molecule has 0 saturated carbocycles. The van der Waals surface area contributed by atoms with Crippen LogP contribution in [0.15, 0.2) is 29.6 Å². The van der Waals surface area contributed by atoms with Gasteiger partial charge in [0.1, 0.15) is 5.82 Å². The molecule has 112 valence electrons. The first kappa shape index (κ1) is 14.0. The fraction of sp³-hybridized carbons (Fsp3) is 0.533. The zero-order valence-corrected chi connectivity index (χ0v) is 12.3. The summed E-state index contributed by atoms with van der Waals surface area (Å²) >= 11 is 0. The molecule has 0 aliphatic carbocycles. The largest absolute Gasteiger partial charge is 0.338 e. The molecule has 1 N–H and O–H groups in total. The number of piperidine rings is 1. The quantitative estimate of drug-likeness (QED) is 0.908. The first-order valence-corrected chi connectivity index (χ1v) is 7.45. The van der Waals surface area contributed by atoms with Crippen LogP contribution in [-0.2, 0) is 13.5 Å². The monoisotopic (exact) mass is 287 g/mol. The number of likely N-dealkylation sites (tertiary alicyclic amines) is 1. The van der Waals surface area contributed by atoms with Crippen molar-refractivity contribution in [2.75, 3.05) is 19.6 Å². The Bertz CT molecular complexity index is 647. The predicted molar refractivity (Wildman–Crippen MR) is 80.2 cm³/mol. The standard InChI is InChI=1S/C15H21N5O/c1-19-8-5-16-14(19)4-7-20-6-2-3-12(10-20)13-9-15(21)18-11-17-13/h5,8-9,11-12H,2-4,6-7,10H2,1H3,(H,17,18,21). The molecule has 2 aromatic rings. The van der Waals surface area contributed by atoms with Crippen LogP contribution < -0.4 is 5.56 Å². The molecule has 1 unspecified atom stereocenters. The van der Waals surface area contributed by atoms with Gasteiger partial charge in [-0.15, -0.1) is 0 Å². The van der Waals surface area contributed by atoms with Crippen molar-refractivity contribution >= 4 is 0 Å². The second-order valence-electron chi connectivity index (χ2n) is 5.68. The minimum Gasteiger partial charge on any atom is -0.338 e. The third kappa shape index (κ3) is 3.39. The average molecular weight is 287 g/mol. The van der Waals surface area contributed by atoms with Crippen LogP contribution in [0.4, 0.5) is 0 Å². The molecule has 1 atom stereocenters. The molecule has 6 heteroatoms. The molecule has 1 fully saturated rings. The van der Waals surface area contributed by atoms with Crippen LogP contribution in [0.3, 0.4) is 0 Å². The molecular formula is C15H21N5O. The number of nitrogens with one attached hydrogen (secondary N) is 1. The van der Waals surface area contributed by atoms with E-state index >= 15 is 0 Å². The van der Waals surface area contributed by atoms with Gasteiger partial charge < -0.3 is 14.5 Å². The van der Waals surface area contributed by atoms with Crippen LogP contribution in [0.5, 0.6) is 0 Å². The molecule has 0 radical (unpaired) electrons. The second-order valence-corrected chi connectivity index (χ2v) is 5.68. The molecule has 3 heterocycles. The van der Waals surface area contributed by atoms with E-state index in [2.05, 4.69) is 24.4 Å². The maximum absolute atomic E-state index is 11.4. The lowest BCUT2D eigenvalue weighted by Crippen LogP contribution is -2.36. The Morgan fingerprint density at radius 3 is 3.10 bits per heavy atom. The fourth-order valence-electron chi connectivity index (χ4n) is 3.00. The van der Waals surface area contributed by atoms with Crippen LogP contribution in [0.1, 0.15) is 30.3 Å². The van der Waals surface area contributed by atoms with Gasteiger partial charge in [0, 0.05) is 50.9 Å². The Balaban J connectivity index is 1.61. The third-order valence-corrected chi connectivity index (χ3v) is 4.20. The topological polar surface area (TPSA) is 66.8 Å². The number of aromatic amines is 1. The molecule has 1 saturated heterocycles. The highest BCUT2D eigenvalue weighted by atomic mass is 16.1. The van der Waals surface area contributed by atoms with Gasteiger partial charge in [0.15, 0.2) is 0 Å². The normalized spacial score (nSPS) is 19.8. The molecule has 0 amide bonds. The third-order valence-electron chi connectivity index (χ3n) is 4.20. The Kier molecular flexibility index (Phi) is 4.15. The molecule has 0 bridgehead atoms. The lowest BCUT2D eigenvalue weighted by atomic mass is 9.94. The van der Waals surface area contributed by atoms with E-state index in [-0.39, 0.29) is 5.56 Å². The highest BCUT2D eigenvalue weighted by molar-refractivity contribution is 5.08. The summed E-state index contributed by atoms with van der Waals surface area (Å²) in [6.07, 6.45) is 8.54. The summed E-state index contributed by atoms with van der Waals surface area (Å²) in [5.74, 6) is 1.48. The van der Waals surface area contributed by atoms with Crippen LogP contribution in [0.2, 0.25) is 0 Å². The summed E-state index contributed by atoms with van der Waals surface area (Å²) in [5.41, 5.74) is 0.852. The summed E-state index contributed by atoms with van der Waals surface area (Å²) in [7, 11) is 2.03. The number of H-pyrrole nitrogens is 1. The number of aryl methyl sites for hydroxylation is 1. The first-order valence-electron chi connectivity index (χ1n) is 7.45. The van der Waals surface area contributed by atoms with Gasteiger partial charge in [0.25, 0.3) is 5.56 Å². The van der Waals surface area contributed by atoms with Crippen molar-refractivity contribution < 1.29 is 0 Å². The van der Waals surface area contributed by atoms with E-state index < -0.39 is 0 Å². The van der Waals surface area contributed by atoms with E-state index in [1.54, 1.807) is 6.07 Å². The minimum absolute atomic E-state index is 0.0647. The van der Waals surface area contributed by atoms with E-state index in [1.807, 2.05) is 19.4 Å². The summed E-state index contributed by atoms with van der Waals surface area (Å²) in [4.78, 5) is 25.1. The summed E-state index contributed by atoms with van der Waals surface area (Å²) in [5, 5.41) is 0. The van der Waals surface area contributed by atoms with Crippen molar-refractivity contribution in [2.24, 2.45) is 7.05 Å². The van der Waals surface area contributed by atoms with Crippen molar-refractivity contribution in [3.05, 3.63) is 46.7 Å². The molecule has 6 nitrogen and oxygen atoms in total. The SMILES string of the molecule is Cn1ccnc1CCN1CCCC(c2cc(=O)[nH]cn2)C1. The average Bonchev–Trinajstić information content (AvgIpc) is 2.91. The van der Waals surface area contributed by atoms with Gasteiger partial charge in [-0.3, -0.25) is 4.79 Å². The van der Waals surface area contributed by atoms with Crippen LogP contribution in [-0.4, -0.2) is 44.1 Å². The highest BCUT2D eigenvalue weighted by Crippen LogP contribution is 2.24. The van der Waals surface area contributed by atoms with Gasteiger partial charge in [0.05, 0.1) is 12.0 Å². The predicted octanol–water partition coefficient (Wildman–Crippen LogP) is 0.925. The molecule has 2 aromatic heterocycles. The summed E-state index contributed by atoms with van der Waals surface area (Å²) in [6.45, 7) is 3.09. The summed E-state index contributed by atoms with van der Waals surface area (Å²) < 4.78 is 2.07. The van der Waals surface area contributed by atoms with Gasteiger partial charge >= 0.3 is 0 Å². The van der Waals surface area contributed by atoms with Crippen molar-refractivity contribution in [3.63, 3.8) is 0 Å². The number of hydrogen-bond acceptors (Lipinski definition) is 4. The molecule has 3 rings (SSSR count). The fourth-order valence-corrected chi connectivity index (χ4v) is 3.00. The molecule has 1 aliphatic heterocycles. The van der Waals surface area contributed by atoms with Crippen LogP contribution in [0.25, 0.3) is 0 Å². The Morgan fingerprint density at radius 2 is 2.33 bits per heavy atom. The summed E-state index contributed by atoms with van der Waals surface area (Å²) in [6, 6.07) is 1.63. The number of imidazole rings is 1. The van der Waals surface area contributed by atoms with E-state index in [0.717, 1.165) is 50.4 Å². The molecular weight excluding hydrogens is 266 g/mol. The zero-order valence-electron chi connectivity index (χ0n) is 12.3. The number of nitrogens with zero attached hydrogens (tertiary/aromatic N) is 4. The Morgan fingerprint density at radius 1 is 1.43 bits per heavy atom. The number of hydrogen-bond donors (Lipinski definition) is 1. The maximum Gasteiger partial charge on any atom is 0.250 e. The van der Waals surface area contributed by atoms with E-state index in [1.165, 1.54) is 6.33 Å². The lowest BCUT2D eigenvalue weighted by molar-refractivity contribution is 0.207. The highest BCUT2D eigenvalue weighted by Gasteiger charge is 2.22. The van der Waals surface area contributed by atoms with E-state index in [9.17, 15) is 4.79 Å². The van der Waals surface area contributed by atoms with Gasteiger partial charge in [0.2, 0.25) is 0 Å². The number of aromatic nitrogens is 4. The van der Waals surface area contributed by atoms with Crippen molar-refractivity contribution in [1.29, 1.82) is 0 Å². The van der Waals surface area contributed by atoms with Gasteiger partial charge in [-0.05, 0) is 19.4 Å². The number of rotatable bonds is 4. The second kappa shape index (κ2) is 6.22. The Hall–Kier alpha value is -1.95. The Labute approximate surface area is 123 Å². The molecule has 21 heavy (non-hydrogen) atoms. The van der Waals surface area contributed by atoms with E-state index in [0.29, 0.717) is 5.92 Å². The molecule has 0 spiro atoms. The smallest absolute Gasteiger partial charge is 0.250 e. The van der Waals surface area contributed by atoms with Gasteiger partial charge in [-0.1, -0.05) is 0 Å². The van der Waals surface area contributed by atoms with Crippen molar-refractivity contribution in [3.8, 4) is 0 Å². The van der Waals surface area contributed by atoms with E-state index in [4.69, 9.17) is 0 Å².